The molecule has 1 atom stereocenters. The van der Waals surface area contributed by atoms with Gasteiger partial charge < -0.3 is 20.1 Å². The topological polar surface area (TPSA) is 87.0 Å². The van der Waals surface area contributed by atoms with Gasteiger partial charge in [0.1, 0.15) is 17.1 Å². The highest BCUT2D eigenvalue weighted by Crippen LogP contribution is 2.32. The van der Waals surface area contributed by atoms with Crippen LogP contribution in [0.15, 0.2) is 59.7 Å². The molecule has 2 rings (SSSR count). The van der Waals surface area contributed by atoms with Gasteiger partial charge in [-0.3, -0.25) is 4.79 Å². The SMILES string of the molecule is COC1(O)C=CC(C=CC(=O)c2c(O)ccc(CC=C(C)C)c2O)=CC1. The largest absolute Gasteiger partial charge is 0.507 e. The summed E-state index contributed by atoms with van der Waals surface area (Å²) >= 11 is 0. The number of ketones is 1. The van der Waals surface area contributed by atoms with Crippen LogP contribution in [0.4, 0.5) is 0 Å². The van der Waals surface area contributed by atoms with Gasteiger partial charge in [0.05, 0.1) is 0 Å². The second kappa shape index (κ2) is 8.17. The van der Waals surface area contributed by atoms with Crippen molar-refractivity contribution < 1.29 is 24.9 Å². The summed E-state index contributed by atoms with van der Waals surface area (Å²) < 4.78 is 4.97. The van der Waals surface area contributed by atoms with E-state index in [-0.39, 0.29) is 23.5 Å². The van der Waals surface area contributed by atoms with Gasteiger partial charge in [-0.2, -0.15) is 0 Å². The molecule has 0 spiro atoms. The maximum atomic E-state index is 12.5. The van der Waals surface area contributed by atoms with E-state index >= 15 is 0 Å². The van der Waals surface area contributed by atoms with E-state index in [0.29, 0.717) is 12.0 Å². The summed E-state index contributed by atoms with van der Waals surface area (Å²) in [5.41, 5.74) is 2.27. The number of carbonyl (C=O) groups excluding carboxylic acids is 1. The number of hydrogen-bond donors (Lipinski definition) is 3. The van der Waals surface area contributed by atoms with Crippen LogP contribution in [0.3, 0.4) is 0 Å². The number of hydrogen-bond acceptors (Lipinski definition) is 5. The highest BCUT2D eigenvalue weighted by Gasteiger charge is 2.23. The third kappa shape index (κ3) is 4.71. The average molecular weight is 356 g/mol. The first kappa shape index (κ1) is 19.7. The molecule has 1 unspecified atom stereocenters. The van der Waals surface area contributed by atoms with Gasteiger partial charge in [-0.05, 0) is 49.6 Å². The molecule has 1 aliphatic carbocycles. The van der Waals surface area contributed by atoms with E-state index in [1.165, 1.54) is 25.3 Å². The van der Waals surface area contributed by atoms with Crippen molar-refractivity contribution in [2.24, 2.45) is 0 Å². The molecule has 0 amide bonds. The van der Waals surface area contributed by atoms with Gasteiger partial charge in [0.15, 0.2) is 11.6 Å². The van der Waals surface area contributed by atoms with Crippen LogP contribution in [0.25, 0.3) is 0 Å². The molecule has 0 bridgehead atoms. The number of methoxy groups -OCH3 is 1. The van der Waals surface area contributed by atoms with Gasteiger partial charge in [0.25, 0.3) is 0 Å². The molecule has 5 heteroatoms. The van der Waals surface area contributed by atoms with Crippen molar-refractivity contribution in [3.05, 3.63) is 70.9 Å². The Morgan fingerprint density at radius 2 is 2.04 bits per heavy atom. The lowest BCUT2D eigenvalue weighted by molar-refractivity contribution is -0.143. The summed E-state index contributed by atoms with van der Waals surface area (Å²) in [5.74, 6) is -2.29. The Labute approximate surface area is 153 Å². The molecule has 1 aromatic rings. The lowest BCUT2D eigenvalue weighted by Gasteiger charge is -2.23. The van der Waals surface area contributed by atoms with E-state index in [0.717, 1.165) is 11.1 Å². The number of phenolic OH excluding ortho intramolecular Hbond substituents is 2. The lowest BCUT2D eigenvalue weighted by atomic mass is 9.98. The second-order valence-electron chi connectivity index (χ2n) is 6.44. The van der Waals surface area contributed by atoms with Crippen molar-refractivity contribution in [1.29, 1.82) is 0 Å². The van der Waals surface area contributed by atoms with Gasteiger partial charge >= 0.3 is 0 Å². The van der Waals surface area contributed by atoms with Crippen LogP contribution in [0.2, 0.25) is 0 Å². The number of allylic oxidation sites excluding steroid dienone is 6. The second-order valence-corrected chi connectivity index (χ2v) is 6.44. The Morgan fingerprint density at radius 3 is 2.62 bits per heavy atom. The van der Waals surface area contributed by atoms with E-state index in [9.17, 15) is 20.1 Å². The summed E-state index contributed by atoms with van der Waals surface area (Å²) in [4.78, 5) is 12.5. The lowest BCUT2D eigenvalue weighted by Crippen LogP contribution is -2.28. The summed E-state index contributed by atoms with van der Waals surface area (Å²) in [6, 6.07) is 3.01. The first-order valence-corrected chi connectivity index (χ1v) is 8.32. The molecular weight excluding hydrogens is 332 g/mol. The normalized spacial score (nSPS) is 19.5. The first-order chi connectivity index (χ1) is 12.3. The molecule has 5 nitrogen and oxygen atoms in total. The van der Waals surface area contributed by atoms with Crippen molar-refractivity contribution in [2.75, 3.05) is 7.11 Å². The van der Waals surface area contributed by atoms with E-state index in [2.05, 4.69) is 0 Å². The summed E-state index contributed by atoms with van der Waals surface area (Å²) in [6.07, 6.45) is 10.4. The molecule has 0 saturated heterocycles. The maximum absolute atomic E-state index is 12.5. The van der Waals surface area contributed by atoms with Crippen molar-refractivity contribution in [3.63, 3.8) is 0 Å². The van der Waals surface area contributed by atoms with Crippen molar-refractivity contribution >= 4 is 5.78 Å². The number of aliphatic hydroxyl groups is 1. The van der Waals surface area contributed by atoms with Crippen LogP contribution >= 0.6 is 0 Å². The zero-order valence-corrected chi connectivity index (χ0v) is 15.2. The zero-order chi connectivity index (χ0) is 19.3. The van der Waals surface area contributed by atoms with Crippen LogP contribution in [0.5, 0.6) is 11.5 Å². The van der Waals surface area contributed by atoms with Gasteiger partial charge in [-0.15, -0.1) is 0 Å². The van der Waals surface area contributed by atoms with Gasteiger partial charge in [0, 0.05) is 13.5 Å². The molecule has 0 heterocycles. The third-order valence-electron chi connectivity index (χ3n) is 4.16. The first-order valence-electron chi connectivity index (χ1n) is 8.32. The van der Waals surface area contributed by atoms with Crippen LogP contribution < -0.4 is 0 Å². The van der Waals surface area contributed by atoms with E-state index in [1.807, 2.05) is 19.9 Å². The van der Waals surface area contributed by atoms with Crippen LogP contribution in [0.1, 0.15) is 36.2 Å². The average Bonchev–Trinajstić information content (AvgIpc) is 2.60. The van der Waals surface area contributed by atoms with E-state index in [4.69, 9.17) is 4.74 Å². The number of aromatic hydroxyl groups is 2. The Kier molecular flexibility index (Phi) is 6.18. The Balaban J connectivity index is 2.21. The molecular formula is C21H24O5. The third-order valence-corrected chi connectivity index (χ3v) is 4.16. The Bertz CT molecular complexity index is 810. The molecule has 3 N–H and O–H groups in total. The number of phenols is 2. The molecule has 26 heavy (non-hydrogen) atoms. The number of ether oxygens (including phenoxy) is 1. The smallest absolute Gasteiger partial charge is 0.193 e. The predicted molar refractivity (Wildman–Crippen MR) is 100 cm³/mol. The molecule has 0 aliphatic heterocycles. The fourth-order valence-electron chi connectivity index (χ4n) is 2.50. The van der Waals surface area contributed by atoms with E-state index in [1.54, 1.807) is 24.3 Å². The maximum Gasteiger partial charge on any atom is 0.193 e. The van der Waals surface area contributed by atoms with Crippen LogP contribution in [-0.2, 0) is 11.2 Å². The molecule has 1 aromatic carbocycles. The quantitative estimate of drug-likeness (QED) is 0.314. The molecule has 0 saturated carbocycles. The highest BCUT2D eigenvalue weighted by atomic mass is 16.6. The molecule has 0 radical (unpaired) electrons. The zero-order valence-electron chi connectivity index (χ0n) is 15.2. The van der Waals surface area contributed by atoms with Crippen LogP contribution in [0, 0.1) is 0 Å². The minimum atomic E-state index is -1.32. The van der Waals surface area contributed by atoms with Gasteiger partial charge in [0.2, 0.25) is 0 Å². The van der Waals surface area contributed by atoms with Crippen LogP contribution in [-0.4, -0.2) is 34.0 Å². The standard InChI is InChI=1S/C21H24O5/c1-14(2)4-6-16-7-9-18(23)19(20(16)24)17(22)8-5-15-10-12-21(25,26-3)13-11-15/h4-5,7-12,23-25H,6,13H2,1-3H3. The van der Waals surface area contributed by atoms with Gasteiger partial charge in [-0.25, -0.2) is 0 Å². The minimum Gasteiger partial charge on any atom is -0.507 e. The van der Waals surface area contributed by atoms with Crippen molar-refractivity contribution in [3.8, 4) is 11.5 Å². The van der Waals surface area contributed by atoms with Gasteiger partial charge in [-0.1, -0.05) is 35.9 Å². The fraction of sp³-hybridized carbons (Fsp3) is 0.286. The minimum absolute atomic E-state index is 0.116. The number of carbonyl (C=O) groups is 1. The van der Waals surface area contributed by atoms with Crippen molar-refractivity contribution in [2.45, 2.75) is 32.5 Å². The monoisotopic (exact) mass is 356 g/mol. The molecule has 138 valence electrons. The predicted octanol–water partition coefficient (Wildman–Crippen LogP) is 3.57. The number of rotatable bonds is 6. The molecule has 0 fully saturated rings. The van der Waals surface area contributed by atoms with E-state index < -0.39 is 11.6 Å². The fourth-order valence-corrected chi connectivity index (χ4v) is 2.50. The summed E-state index contributed by atoms with van der Waals surface area (Å²) in [7, 11) is 1.41. The summed E-state index contributed by atoms with van der Waals surface area (Å²) in [5, 5.41) is 30.3. The highest BCUT2D eigenvalue weighted by molar-refractivity contribution is 6.09. The Hall–Kier alpha value is -2.63. The Morgan fingerprint density at radius 1 is 1.31 bits per heavy atom. The molecule has 0 aromatic heterocycles. The van der Waals surface area contributed by atoms with Crippen molar-refractivity contribution in [1.82, 2.24) is 0 Å². The number of benzene rings is 1. The summed E-state index contributed by atoms with van der Waals surface area (Å²) in [6.45, 7) is 3.89. The molecule has 1 aliphatic rings.